The van der Waals surface area contributed by atoms with Gasteiger partial charge in [0.15, 0.2) is 0 Å². The van der Waals surface area contributed by atoms with Crippen LogP contribution in [0, 0.1) is 0 Å². The topological polar surface area (TPSA) is 81.1 Å². The summed E-state index contributed by atoms with van der Waals surface area (Å²) in [5.74, 6) is -0.0875. The molecule has 0 spiro atoms. The maximum Gasteiger partial charge on any atom is 0.289 e. The Kier molecular flexibility index (Phi) is 7.22. The largest absolute Gasteiger partial charge is 0.350 e. The molecule has 3 N–H and O–H groups in total. The summed E-state index contributed by atoms with van der Waals surface area (Å²) in [4.78, 5) is 11.8. The van der Waals surface area contributed by atoms with Gasteiger partial charge in [0.25, 0.3) is 5.91 Å². The Hall–Kier alpha value is -1.56. The van der Waals surface area contributed by atoms with E-state index in [4.69, 9.17) is 21.9 Å². The van der Waals surface area contributed by atoms with E-state index in [1.165, 1.54) is 0 Å². The molecular weight excluding hydrogens is 313 g/mol. The van der Waals surface area contributed by atoms with E-state index in [-0.39, 0.29) is 24.1 Å². The van der Waals surface area contributed by atoms with E-state index in [1.54, 1.807) is 18.2 Å². The summed E-state index contributed by atoms with van der Waals surface area (Å²) in [7, 11) is 0. The first-order chi connectivity index (χ1) is 9.70. The minimum Gasteiger partial charge on any atom is -0.350 e. The van der Waals surface area contributed by atoms with Crippen molar-refractivity contribution < 1.29 is 9.32 Å². The zero-order chi connectivity index (χ0) is 14.4. The number of rotatable bonds is 6. The summed E-state index contributed by atoms with van der Waals surface area (Å²) in [5.41, 5.74) is 6.78. The molecule has 0 atom stereocenters. The van der Waals surface area contributed by atoms with Crippen LogP contribution in [0.4, 0.5) is 0 Å². The van der Waals surface area contributed by atoms with Gasteiger partial charge in [0.1, 0.15) is 5.69 Å². The summed E-state index contributed by atoms with van der Waals surface area (Å²) in [5, 5.41) is 7.24. The average Bonchev–Trinajstić information content (AvgIpc) is 2.93. The highest BCUT2D eigenvalue weighted by Gasteiger charge is 2.13. The lowest BCUT2D eigenvalue weighted by molar-refractivity contribution is 0.0916. The van der Waals surface area contributed by atoms with Crippen molar-refractivity contribution in [1.82, 2.24) is 10.5 Å². The lowest BCUT2D eigenvalue weighted by atomic mass is 10.1. The monoisotopic (exact) mass is 329 g/mol. The molecule has 2 rings (SSSR count). The Morgan fingerprint density at radius 3 is 2.86 bits per heavy atom. The fourth-order valence-corrected chi connectivity index (χ4v) is 1.91. The lowest BCUT2D eigenvalue weighted by Crippen LogP contribution is -2.24. The van der Waals surface area contributed by atoms with E-state index in [1.807, 2.05) is 12.1 Å². The molecule has 0 aliphatic rings. The van der Waals surface area contributed by atoms with Crippen LogP contribution in [0.15, 0.2) is 34.9 Å². The van der Waals surface area contributed by atoms with Crippen LogP contribution in [0.2, 0.25) is 5.02 Å². The van der Waals surface area contributed by atoms with Gasteiger partial charge in [-0.25, -0.2) is 0 Å². The van der Waals surface area contributed by atoms with E-state index in [9.17, 15) is 4.79 Å². The number of aromatic nitrogens is 1. The van der Waals surface area contributed by atoms with Crippen LogP contribution in [-0.4, -0.2) is 24.2 Å². The van der Waals surface area contributed by atoms with Gasteiger partial charge in [0.2, 0.25) is 5.76 Å². The fraction of sp³-hybridized carbons (Fsp3) is 0.286. The van der Waals surface area contributed by atoms with Gasteiger partial charge in [-0.1, -0.05) is 28.9 Å². The first-order valence-electron chi connectivity index (χ1n) is 6.41. The first-order valence-corrected chi connectivity index (χ1v) is 6.79. The Labute approximate surface area is 134 Å². The number of carbonyl (C=O) groups is 1. The summed E-state index contributed by atoms with van der Waals surface area (Å²) in [6.07, 6.45) is 1.72. The number of benzene rings is 1. The van der Waals surface area contributed by atoms with Crippen LogP contribution < -0.4 is 11.1 Å². The van der Waals surface area contributed by atoms with Crippen molar-refractivity contribution in [2.45, 2.75) is 12.8 Å². The SMILES string of the molecule is Cl.NCCCCNC(=O)c1cc(-c2cccc(Cl)c2)no1. The third-order valence-corrected chi connectivity index (χ3v) is 3.01. The Morgan fingerprint density at radius 2 is 2.14 bits per heavy atom. The molecule has 7 heteroatoms. The number of nitrogens with two attached hydrogens (primary N) is 1. The van der Waals surface area contributed by atoms with Gasteiger partial charge >= 0.3 is 0 Å². The standard InChI is InChI=1S/C14H16ClN3O2.ClH/c15-11-5-3-4-10(8-11)12-9-13(20-18-12)14(19)17-7-2-1-6-16;/h3-5,8-9H,1-2,6-7,16H2,(H,17,19);1H. The van der Waals surface area contributed by atoms with Crippen LogP contribution in [0.25, 0.3) is 11.3 Å². The van der Waals surface area contributed by atoms with Crippen LogP contribution in [-0.2, 0) is 0 Å². The van der Waals surface area contributed by atoms with Gasteiger partial charge in [-0.05, 0) is 31.5 Å². The number of hydrogen-bond acceptors (Lipinski definition) is 4. The fourth-order valence-electron chi connectivity index (χ4n) is 1.72. The van der Waals surface area contributed by atoms with E-state index in [0.717, 1.165) is 18.4 Å². The molecule has 0 saturated carbocycles. The highest BCUT2D eigenvalue weighted by Crippen LogP contribution is 2.22. The summed E-state index contributed by atoms with van der Waals surface area (Å²) >= 11 is 5.91. The van der Waals surface area contributed by atoms with E-state index in [0.29, 0.717) is 23.8 Å². The second kappa shape index (κ2) is 8.67. The average molecular weight is 330 g/mol. The maximum absolute atomic E-state index is 11.8. The molecule has 1 amide bonds. The van der Waals surface area contributed by atoms with Crippen molar-refractivity contribution >= 4 is 29.9 Å². The minimum absolute atomic E-state index is 0. The lowest BCUT2D eigenvalue weighted by Gasteiger charge is -2.00. The maximum atomic E-state index is 11.8. The molecule has 5 nitrogen and oxygen atoms in total. The molecule has 0 aliphatic heterocycles. The highest BCUT2D eigenvalue weighted by atomic mass is 35.5. The molecule has 21 heavy (non-hydrogen) atoms. The van der Waals surface area contributed by atoms with Gasteiger partial charge in [-0.2, -0.15) is 0 Å². The van der Waals surface area contributed by atoms with E-state index in [2.05, 4.69) is 10.5 Å². The zero-order valence-corrected chi connectivity index (χ0v) is 12.9. The van der Waals surface area contributed by atoms with Crippen molar-refractivity contribution in [3.8, 4) is 11.3 Å². The molecule has 1 aromatic carbocycles. The van der Waals surface area contributed by atoms with Crippen molar-refractivity contribution in [3.63, 3.8) is 0 Å². The smallest absolute Gasteiger partial charge is 0.289 e. The molecule has 0 fully saturated rings. The quantitative estimate of drug-likeness (QED) is 0.798. The molecule has 0 radical (unpaired) electrons. The highest BCUT2D eigenvalue weighted by molar-refractivity contribution is 6.30. The predicted molar refractivity (Wildman–Crippen MR) is 84.8 cm³/mol. The van der Waals surface area contributed by atoms with E-state index < -0.39 is 0 Å². The zero-order valence-electron chi connectivity index (χ0n) is 11.3. The molecule has 114 valence electrons. The summed E-state index contributed by atoms with van der Waals surface area (Å²) in [6, 6.07) is 8.81. The molecule has 1 aromatic heterocycles. The number of nitrogens with one attached hydrogen (secondary N) is 1. The molecular formula is C14H17Cl2N3O2. The summed E-state index contributed by atoms with van der Waals surface area (Å²) < 4.78 is 5.05. The Bertz CT molecular complexity index is 587. The normalized spacial score (nSPS) is 10.0. The van der Waals surface area contributed by atoms with Gasteiger partial charge in [-0.3, -0.25) is 4.79 Å². The van der Waals surface area contributed by atoms with Crippen LogP contribution in [0.5, 0.6) is 0 Å². The van der Waals surface area contributed by atoms with Crippen molar-refractivity contribution in [2.24, 2.45) is 5.73 Å². The molecule has 0 saturated heterocycles. The molecule has 0 unspecified atom stereocenters. The molecule has 0 aliphatic carbocycles. The number of carbonyl (C=O) groups excluding carboxylic acids is 1. The van der Waals surface area contributed by atoms with Gasteiger partial charge < -0.3 is 15.6 Å². The van der Waals surface area contributed by atoms with Crippen molar-refractivity contribution in [3.05, 3.63) is 41.1 Å². The Balaban J connectivity index is 0.00000220. The number of nitrogens with zero attached hydrogens (tertiary/aromatic N) is 1. The molecule has 1 heterocycles. The van der Waals surface area contributed by atoms with Crippen molar-refractivity contribution in [2.75, 3.05) is 13.1 Å². The summed E-state index contributed by atoms with van der Waals surface area (Å²) in [6.45, 7) is 1.19. The van der Waals surface area contributed by atoms with Crippen LogP contribution >= 0.6 is 24.0 Å². The minimum atomic E-state index is -0.275. The van der Waals surface area contributed by atoms with Crippen LogP contribution in [0.3, 0.4) is 0 Å². The molecule has 2 aromatic rings. The predicted octanol–water partition coefficient (Wildman–Crippen LogP) is 2.89. The van der Waals surface area contributed by atoms with Gasteiger partial charge in [0.05, 0.1) is 0 Å². The number of amides is 1. The van der Waals surface area contributed by atoms with Gasteiger partial charge in [0, 0.05) is 23.2 Å². The Morgan fingerprint density at radius 1 is 1.33 bits per heavy atom. The second-order valence-electron chi connectivity index (χ2n) is 4.34. The molecule has 0 bridgehead atoms. The van der Waals surface area contributed by atoms with Crippen molar-refractivity contribution in [1.29, 1.82) is 0 Å². The van der Waals surface area contributed by atoms with Crippen LogP contribution in [0.1, 0.15) is 23.4 Å². The third kappa shape index (κ3) is 5.04. The second-order valence-corrected chi connectivity index (χ2v) is 4.77. The third-order valence-electron chi connectivity index (χ3n) is 2.77. The first kappa shape index (κ1) is 17.5. The van der Waals surface area contributed by atoms with Gasteiger partial charge in [-0.15, -0.1) is 12.4 Å². The number of unbranched alkanes of at least 4 members (excludes halogenated alkanes) is 1. The van der Waals surface area contributed by atoms with E-state index >= 15 is 0 Å². The number of hydrogen-bond donors (Lipinski definition) is 2. The number of halogens is 2.